The Hall–Kier alpha value is -4.49. The number of benzene rings is 1. The van der Waals surface area contributed by atoms with Gasteiger partial charge in [0.15, 0.2) is 11.6 Å². The normalized spacial score (nSPS) is 16.2. The fourth-order valence-corrected chi connectivity index (χ4v) is 4.17. The molecule has 2 aromatic heterocycles. The van der Waals surface area contributed by atoms with Crippen molar-refractivity contribution in [2.75, 3.05) is 31.0 Å². The van der Waals surface area contributed by atoms with Crippen LogP contribution in [0.1, 0.15) is 35.3 Å². The molecule has 14 heteroatoms. The molecule has 1 aliphatic rings. The number of nitrogens with zero attached hydrogens (tertiary/aromatic N) is 5. The Bertz CT molecular complexity index is 1510. The van der Waals surface area contributed by atoms with Crippen LogP contribution in [0.2, 0.25) is 0 Å². The van der Waals surface area contributed by atoms with Crippen molar-refractivity contribution in [2.45, 2.75) is 32.2 Å². The van der Waals surface area contributed by atoms with Crippen LogP contribution in [0.3, 0.4) is 0 Å². The molecule has 0 amide bonds. The summed E-state index contributed by atoms with van der Waals surface area (Å²) in [5, 5.41) is 3.01. The van der Waals surface area contributed by atoms with Gasteiger partial charge in [0, 0.05) is 18.9 Å². The number of nitrogens with one attached hydrogen (secondary N) is 1. The number of allylic oxidation sites excluding steroid dienone is 4. The number of ether oxygens (including phenoxy) is 2. The van der Waals surface area contributed by atoms with Gasteiger partial charge in [-0.25, -0.2) is 9.97 Å². The Labute approximate surface area is 231 Å². The van der Waals surface area contributed by atoms with Crippen LogP contribution in [0, 0.1) is 6.92 Å². The van der Waals surface area contributed by atoms with Crippen LogP contribution in [-0.2, 0) is 17.1 Å². The highest BCUT2D eigenvalue weighted by Gasteiger charge is 2.41. The number of imidazole rings is 1. The maximum absolute atomic E-state index is 13.8. The van der Waals surface area contributed by atoms with Crippen LogP contribution in [0.5, 0.6) is 5.75 Å². The van der Waals surface area contributed by atoms with Crippen LogP contribution in [0.15, 0.2) is 67.1 Å². The lowest BCUT2D eigenvalue weighted by molar-refractivity contribution is -0.143. The van der Waals surface area contributed by atoms with Crippen molar-refractivity contribution in [3.8, 4) is 5.75 Å². The van der Waals surface area contributed by atoms with Crippen molar-refractivity contribution in [3.63, 3.8) is 0 Å². The summed E-state index contributed by atoms with van der Waals surface area (Å²) in [6, 6.07) is 0.504. The van der Waals surface area contributed by atoms with Gasteiger partial charge in [-0.1, -0.05) is 12.6 Å². The van der Waals surface area contributed by atoms with E-state index in [9.17, 15) is 26.3 Å². The lowest BCUT2D eigenvalue weighted by Gasteiger charge is -2.36. The average Bonchev–Trinajstić information content (AvgIpc) is 3.33. The van der Waals surface area contributed by atoms with Crippen LogP contribution in [0.4, 0.5) is 38.1 Å². The minimum atomic E-state index is -5.02. The second-order valence-electron chi connectivity index (χ2n) is 9.19. The van der Waals surface area contributed by atoms with Crippen LogP contribution in [0.25, 0.3) is 5.70 Å². The predicted octanol–water partition coefficient (Wildman–Crippen LogP) is 6.61. The molecule has 1 unspecified atom stereocenters. The number of hydrogen-bond acceptors (Lipinski definition) is 7. The van der Waals surface area contributed by atoms with Crippen molar-refractivity contribution in [1.29, 1.82) is 0 Å². The van der Waals surface area contributed by atoms with E-state index in [2.05, 4.69) is 26.8 Å². The Kier molecular flexibility index (Phi) is 8.04. The zero-order valence-corrected chi connectivity index (χ0v) is 22.4. The van der Waals surface area contributed by atoms with Gasteiger partial charge < -0.3 is 24.3 Å². The smallest absolute Gasteiger partial charge is 0.416 e. The molecule has 41 heavy (non-hydrogen) atoms. The molecule has 4 rings (SSSR count). The second kappa shape index (κ2) is 11.2. The van der Waals surface area contributed by atoms with Crippen LogP contribution < -0.4 is 15.0 Å². The van der Waals surface area contributed by atoms with E-state index in [1.54, 1.807) is 36.2 Å². The first-order valence-corrected chi connectivity index (χ1v) is 12.1. The number of anilines is 2. The van der Waals surface area contributed by atoms with Gasteiger partial charge in [0.05, 0.1) is 48.2 Å². The van der Waals surface area contributed by atoms with Gasteiger partial charge >= 0.3 is 12.4 Å². The Morgan fingerprint density at radius 1 is 1.15 bits per heavy atom. The largest absolute Gasteiger partial charge is 0.495 e. The average molecular weight is 581 g/mol. The second-order valence-corrected chi connectivity index (χ2v) is 9.19. The van der Waals surface area contributed by atoms with E-state index in [1.165, 1.54) is 25.3 Å². The molecule has 218 valence electrons. The molecule has 8 nitrogen and oxygen atoms in total. The molecule has 3 aromatic rings. The zero-order valence-electron chi connectivity index (χ0n) is 22.4. The van der Waals surface area contributed by atoms with Crippen molar-refractivity contribution in [1.82, 2.24) is 19.5 Å². The van der Waals surface area contributed by atoms with E-state index < -0.39 is 29.5 Å². The predicted molar refractivity (Wildman–Crippen MR) is 140 cm³/mol. The van der Waals surface area contributed by atoms with Gasteiger partial charge in [-0.15, -0.1) is 0 Å². The molecular formula is C27H26F6N6O2. The molecule has 1 atom stereocenters. The third-order valence-electron chi connectivity index (χ3n) is 6.30. The molecule has 1 N–H and O–H groups in total. The van der Waals surface area contributed by atoms with E-state index in [1.807, 2.05) is 6.92 Å². The van der Waals surface area contributed by atoms with Crippen molar-refractivity contribution < 1.29 is 35.8 Å². The van der Waals surface area contributed by atoms with Gasteiger partial charge in [-0.3, -0.25) is 0 Å². The molecule has 0 radical (unpaired) electrons. The summed E-state index contributed by atoms with van der Waals surface area (Å²) in [4.78, 5) is 14.2. The third kappa shape index (κ3) is 6.47. The van der Waals surface area contributed by atoms with Crippen molar-refractivity contribution >= 4 is 17.5 Å². The lowest BCUT2D eigenvalue weighted by Crippen LogP contribution is -2.36. The van der Waals surface area contributed by atoms with E-state index in [4.69, 9.17) is 9.47 Å². The molecule has 0 spiro atoms. The van der Waals surface area contributed by atoms with E-state index >= 15 is 0 Å². The van der Waals surface area contributed by atoms with Gasteiger partial charge in [0.25, 0.3) is 0 Å². The van der Waals surface area contributed by atoms with Crippen LogP contribution >= 0.6 is 0 Å². The van der Waals surface area contributed by atoms with Gasteiger partial charge in [-0.2, -0.15) is 31.3 Å². The summed E-state index contributed by atoms with van der Waals surface area (Å²) in [5.41, 5.74) is -1.14. The summed E-state index contributed by atoms with van der Waals surface area (Å²) in [6.07, 6.45) is -1.71. The van der Waals surface area contributed by atoms with Crippen LogP contribution in [-0.4, -0.2) is 40.3 Å². The lowest BCUT2D eigenvalue weighted by atomic mass is 9.96. The summed E-state index contributed by atoms with van der Waals surface area (Å²) in [5.74, 6) is 0.891. The minimum absolute atomic E-state index is 0.116. The van der Waals surface area contributed by atoms with Gasteiger partial charge in [0.1, 0.15) is 12.4 Å². The fourth-order valence-electron chi connectivity index (χ4n) is 4.17. The molecule has 1 aliphatic heterocycles. The number of likely N-dealkylation sites (N-methyl/N-ethyl adjacent to an activating group) is 1. The Morgan fingerprint density at radius 3 is 2.49 bits per heavy atom. The maximum Gasteiger partial charge on any atom is 0.416 e. The van der Waals surface area contributed by atoms with Gasteiger partial charge in [0.2, 0.25) is 5.95 Å². The monoisotopic (exact) mass is 580 g/mol. The molecule has 0 bridgehead atoms. The number of hydrogen-bond donors (Lipinski definition) is 1. The van der Waals surface area contributed by atoms with Crippen molar-refractivity contribution in [3.05, 3.63) is 89.5 Å². The molecule has 3 heterocycles. The molecule has 0 aliphatic carbocycles. The first kappa shape index (κ1) is 29.5. The molecular weight excluding hydrogens is 554 g/mol. The minimum Gasteiger partial charge on any atom is -0.495 e. The number of aromatic nitrogens is 4. The number of rotatable bonds is 7. The number of fused-ring (bicyclic) bond motifs is 1. The topological polar surface area (TPSA) is 77.3 Å². The number of halogens is 6. The highest BCUT2D eigenvalue weighted by molar-refractivity contribution is 5.63. The number of alkyl halides is 6. The highest BCUT2D eigenvalue weighted by Crippen LogP contribution is 2.43. The molecule has 0 fully saturated rings. The highest BCUT2D eigenvalue weighted by atomic mass is 19.4. The molecule has 0 saturated heterocycles. The van der Waals surface area contributed by atoms with Crippen molar-refractivity contribution in [2.24, 2.45) is 0 Å². The fraction of sp³-hybridized carbons (Fsp3) is 0.296. The van der Waals surface area contributed by atoms with E-state index in [0.717, 1.165) is 11.8 Å². The standard InChI is InChI=1S/C27H26F6N6O2/c1-15(6-9-21(17(3)40-5)39-12-16(2)35-14-39)36-25-34-11-23-24(37-25)38(4)22(13-41-23)19-8-7-18(26(28,29)30)10-20(19)27(31,32)33/h6-12,14,22H,3,13H2,1-2,4-5H3,(H,34,36,37)/b15-6+,21-9+. The molecule has 0 saturated carbocycles. The Balaban J connectivity index is 1.62. The third-order valence-corrected chi connectivity index (χ3v) is 6.30. The first-order chi connectivity index (χ1) is 19.2. The summed E-state index contributed by atoms with van der Waals surface area (Å²) >= 11 is 0. The SMILES string of the molecule is C=C(OC)/C(=C\C=C(/C)Nc1ncc2c(n1)N(C)C(c1ccc(C(F)(F)F)cc1C(F)(F)F)CO2)n1cnc(C)c1. The molecule has 1 aromatic carbocycles. The first-order valence-electron chi connectivity index (χ1n) is 12.1. The summed E-state index contributed by atoms with van der Waals surface area (Å²) < 4.78 is 93.5. The van der Waals surface area contributed by atoms with Gasteiger partial charge in [-0.05, 0) is 43.7 Å². The van der Waals surface area contributed by atoms with E-state index in [-0.39, 0.29) is 35.8 Å². The zero-order chi connectivity index (χ0) is 30.1. The summed E-state index contributed by atoms with van der Waals surface area (Å²) in [6.45, 7) is 7.22. The Morgan fingerprint density at radius 2 is 1.88 bits per heavy atom. The quantitative estimate of drug-likeness (QED) is 0.192. The summed E-state index contributed by atoms with van der Waals surface area (Å²) in [7, 11) is 2.98. The number of aryl methyl sites for hydroxylation is 1. The maximum atomic E-state index is 13.8. The van der Waals surface area contributed by atoms with E-state index in [0.29, 0.717) is 23.2 Å². The number of methoxy groups -OCH3 is 1.